The molecule has 0 saturated heterocycles. The minimum Gasteiger partial charge on any atom is -0.323 e. The molecule has 1 heterocycles. The van der Waals surface area contributed by atoms with Crippen LogP contribution in [0.1, 0.15) is 25.5 Å². The zero-order chi connectivity index (χ0) is 13.8. The van der Waals surface area contributed by atoms with E-state index in [1.165, 1.54) is 0 Å². The van der Waals surface area contributed by atoms with Crippen LogP contribution in [0.3, 0.4) is 0 Å². The highest BCUT2D eigenvalue weighted by Gasteiger charge is 2.07. The van der Waals surface area contributed by atoms with Crippen LogP contribution in [0.5, 0.6) is 0 Å². The maximum atomic E-state index is 11.9. The van der Waals surface area contributed by atoms with E-state index >= 15 is 0 Å². The Morgan fingerprint density at radius 1 is 1.37 bits per heavy atom. The second-order valence-corrected chi connectivity index (χ2v) is 5.21. The number of amides is 1. The predicted molar refractivity (Wildman–Crippen MR) is 78.6 cm³/mol. The summed E-state index contributed by atoms with van der Waals surface area (Å²) in [6.07, 6.45) is 3.84. The third-order valence-electron chi connectivity index (χ3n) is 2.72. The fourth-order valence-electron chi connectivity index (χ4n) is 1.69. The number of nitrogens with one attached hydrogen (secondary N) is 1. The standard InChI is InChI=1S/C14H17N3OS/c1-10(2)17-9-12(8-15-17)16-14(18)7-11-3-5-13(19)6-4-11/h3-6,8-10,19H,7H2,1-2H3,(H,16,18). The number of thiol groups is 1. The molecule has 0 aliphatic rings. The van der Waals surface area contributed by atoms with Gasteiger partial charge in [0.25, 0.3) is 0 Å². The summed E-state index contributed by atoms with van der Waals surface area (Å²) in [4.78, 5) is 12.8. The largest absolute Gasteiger partial charge is 0.323 e. The van der Waals surface area contributed by atoms with Gasteiger partial charge in [-0.25, -0.2) is 0 Å². The molecule has 0 unspecified atom stereocenters. The number of hydrogen-bond acceptors (Lipinski definition) is 3. The normalized spacial score (nSPS) is 10.7. The lowest BCUT2D eigenvalue weighted by Crippen LogP contribution is -2.14. The molecule has 0 saturated carbocycles. The van der Waals surface area contributed by atoms with Crippen molar-refractivity contribution < 1.29 is 4.79 Å². The van der Waals surface area contributed by atoms with Gasteiger partial charge in [-0.15, -0.1) is 12.6 Å². The maximum Gasteiger partial charge on any atom is 0.228 e. The van der Waals surface area contributed by atoms with E-state index in [0.717, 1.165) is 16.1 Å². The van der Waals surface area contributed by atoms with Crippen molar-refractivity contribution >= 4 is 24.2 Å². The number of aromatic nitrogens is 2. The van der Waals surface area contributed by atoms with Crippen molar-refractivity contribution in [3.8, 4) is 0 Å². The number of anilines is 1. The van der Waals surface area contributed by atoms with Gasteiger partial charge in [-0.1, -0.05) is 12.1 Å². The highest BCUT2D eigenvalue weighted by molar-refractivity contribution is 7.80. The molecule has 0 fully saturated rings. The molecule has 1 amide bonds. The average Bonchev–Trinajstić information content (AvgIpc) is 2.80. The Morgan fingerprint density at radius 2 is 2.05 bits per heavy atom. The molecule has 0 bridgehead atoms. The summed E-state index contributed by atoms with van der Waals surface area (Å²) in [5, 5.41) is 7.02. The third-order valence-corrected chi connectivity index (χ3v) is 3.01. The van der Waals surface area contributed by atoms with Crippen molar-refractivity contribution in [2.45, 2.75) is 31.2 Å². The first-order valence-corrected chi connectivity index (χ1v) is 6.61. The smallest absolute Gasteiger partial charge is 0.228 e. The van der Waals surface area contributed by atoms with E-state index in [0.29, 0.717) is 6.42 Å². The van der Waals surface area contributed by atoms with Crippen LogP contribution >= 0.6 is 12.6 Å². The second-order valence-electron chi connectivity index (χ2n) is 4.69. The summed E-state index contributed by atoms with van der Waals surface area (Å²) in [6, 6.07) is 7.85. The van der Waals surface area contributed by atoms with Crippen LogP contribution in [-0.4, -0.2) is 15.7 Å². The van der Waals surface area contributed by atoms with Crippen LogP contribution in [0.2, 0.25) is 0 Å². The van der Waals surface area contributed by atoms with Gasteiger partial charge in [-0.05, 0) is 31.5 Å². The van der Waals surface area contributed by atoms with Gasteiger partial charge in [0, 0.05) is 17.1 Å². The van der Waals surface area contributed by atoms with E-state index < -0.39 is 0 Å². The van der Waals surface area contributed by atoms with Crippen molar-refractivity contribution in [1.82, 2.24) is 9.78 Å². The van der Waals surface area contributed by atoms with Crippen LogP contribution in [0.25, 0.3) is 0 Å². The SMILES string of the molecule is CC(C)n1cc(NC(=O)Cc2ccc(S)cc2)cn1. The number of benzene rings is 1. The van der Waals surface area contributed by atoms with Gasteiger partial charge in [0.05, 0.1) is 18.3 Å². The van der Waals surface area contributed by atoms with Crippen LogP contribution in [0.4, 0.5) is 5.69 Å². The number of carbonyl (C=O) groups is 1. The maximum absolute atomic E-state index is 11.9. The van der Waals surface area contributed by atoms with E-state index in [9.17, 15) is 4.79 Å². The monoisotopic (exact) mass is 275 g/mol. The molecular formula is C14H17N3OS. The van der Waals surface area contributed by atoms with E-state index in [1.807, 2.05) is 49.0 Å². The molecule has 2 rings (SSSR count). The number of carbonyl (C=O) groups excluding carboxylic acids is 1. The number of nitrogens with zero attached hydrogens (tertiary/aromatic N) is 2. The summed E-state index contributed by atoms with van der Waals surface area (Å²) < 4.78 is 1.81. The molecule has 2 aromatic rings. The Bertz CT molecular complexity index is 560. The molecule has 0 spiro atoms. The van der Waals surface area contributed by atoms with Gasteiger partial charge >= 0.3 is 0 Å². The molecular weight excluding hydrogens is 258 g/mol. The van der Waals surface area contributed by atoms with Crippen molar-refractivity contribution in [1.29, 1.82) is 0 Å². The highest BCUT2D eigenvalue weighted by atomic mass is 32.1. The summed E-state index contributed by atoms with van der Waals surface area (Å²) in [6.45, 7) is 4.08. The molecule has 1 aromatic heterocycles. The first kappa shape index (κ1) is 13.7. The predicted octanol–water partition coefficient (Wildman–Crippen LogP) is 2.93. The summed E-state index contributed by atoms with van der Waals surface area (Å²) >= 11 is 4.21. The highest BCUT2D eigenvalue weighted by Crippen LogP contribution is 2.12. The van der Waals surface area contributed by atoms with Crippen LogP contribution < -0.4 is 5.32 Å². The van der Waals surface area contributed by atoms with Gasteiger partial charge in [-0.3, -0.25) is 9.48 Å². The average molecular weight is 275 g/mol. The molecule has 0 radical (unpaired) electrons. The molecule has 0 aliphatic heterocycles. The molecule has 19 heavy (non-hydrogen) atoms. The van der Waals surface area contributed by atoms with E-state index in [4.69, 9.17) is 0 Å². The first-order chi connectivity index (χ1) is 9.04. The molecule has 1 N–H and O–H groups in total. The Morgan fingerprint density at radius 3 is 2.63 bits per heavy atom. The fourth-order valence-corrected chi connectivity index (χ4v) is 1.84. The van der Waals surface area contributed by atoms with Gasteiger partial charge in [0.2, 0.25) is 5.91 Å². The Kier molecular flexibility index (Phi) is 4.27. The quantitative estimate of drug-likeness (QED) is 0.843. The summed E-state index contributed by atoms with van der Waals surface area (Å²) in [7, 11) is 0. The zero-order valence-electron chi connectivity index (χ0n) is 11.0. The van der Waals surface area contributed by atoms with Gasteiger partial charge < -0.3 is 5.32 Å². The Hall–Kier alpha value is -1.75. The first-order valence-electron chi connectivity index (χ1n) is 6.16. The van der Waals surface area contributed by atoms with Crippen LogP contribution in [0, 0.1) is 0 Å². The number of rotatable bonds is 4. The van der Waals surface area contributed by atoms with Crippen molar-refractivity contribution in [3.63, 3.8) is 0 Å². The zero-order valence-corrected chi connectivity index (χ0v) is 11.9. The molecule has 5 heteroatoms. The van der Waals surface area contributed by atoms with E-state index in [1.54, 1.807) is 6.20 Å². The fraction of sp³-hybridized carbons (Fsp3) is 0.286. The minimum atomic E-state index is -0.0461. The van der Waals surface area contributed by atoms with E-state index in [2.05, 4.69) is 23.0 Å². The molecule has 4 nitrogen and oxygen atoms in total. The van der Waals surface area contributed by atoms with Crippen molar-refractivity contribution in [3.05, 3.63) is 42.2 Å². The molecule has 1 aromatic carbocycles. The topological polar surface area (TPSA) is 46.9 Å². The Balaban J connectivity index is 1.95. The van der Waals surface area contributed by atoms with Crippen LogP contribution in [0.15, 0.2) is 41.6 Å². The van der Waals surface area contributed by atoms with Gasteiger partial charge in [0.1, 0.15) is 0 Å². The molecule has 100 valence electrons. The molecule has 0 atom stereocenters. The van der Waals surface area contributed by atoms with Crippen molar-refractivity contribution in [2.24, 2.45) is 0 Å². The second kappa shape index (κ2) is 5.93. The van der Waals surface area contributed by atoms with Gasteiger partial charge in [0.15, 0.2) is 0 Å². The third kappa shape index (κ3) is 3.86. The van der Waals surface area contributed by atoms with Crippen molar-refractivity contribution in [2.75, 3.05) is 5.32 Å². The number of hydrogen-bond donors (Lipinski definition) is 2. The van der Waals surface area contributed by atoms with Gasteiger partial charge in [-0.2, -0.15) is 5.10 Å². The summed E-state index contributed by atoms with van der Waals surface area (Å²) in [5.74, 6) is -0.0461. The molecule has 0 aliphatic carbocycles. The minimum absolute atomic E-state index is 0.0461. The lowest BCUT2D eigenvalue weighted by atomic mass is 10.1. The summed E-state index contributed by atoms with van der Waals surface area (Å²) in [5.41, 5.74) is 1.69. The lowest BCUT2D eigenvalue weighted by Gasteiger charge is -2.04. The van der Waals surface area contributed by atoms with Crippen LogP contribution in [-0.2, 0) is 11.2 Å². The lowest BCUT2D eigenvalue weighted by molar-refractivity contribution is -0.115. The van der Waals surface area contributed by atoms with E-state index in [-0.39, 0.29) is 11.9 Å². The Labute approximate surface area is 118 Å².